The Morgan fingerprint density at radius 2 is 2.00 bits per heavy atom. The van der Waals surface area contributed by atoms with E-state index in [9.17, 15) is 9.90 Å². The molecule has 0 saturated heterocycles. The Bertz CT molecular complexity index is 426. The first-order valence-corrected chi connectivity index (χ1v) is 6.00. The lowest BCUT2D eigenvalue weighted by Gasteiger charge is -2.51. The van der Waals surface area contributed by atoms with Crippen LogP contribution in [0.4, 0.5) is 0 Å². The highest BCUT2D eigenvalue weighted by atomic mass is 16.3. The fourth-order valence-corrected chi connectivity index (χ4v) is 2.67. The lowest BCUT2D eigenvalue weighted by molar-refractivity contribution is -0.137. The zero-order valence-corrected chi connectivity index (χ0v) is 10.5. The third-order valence-corrected chi connectivity index (χ3v) is 3.63. The summed E-state index contributed by atoms with van der Waals surface area (Å²) >= 11 is 0. The fourth-order valence-electron chi connectivity index (χ4n) is 2.67. The van der Waals surface area contributed by atoms with E-state index < -0.39 is 5.60 Å². The van der Waals surface area contributed by atoms with Crippen molar-refractivity contribution in [1.82, 2.24) is 5.32 Å². The van der Waals surface area contributed by atoms with Gasteiger partial charge in [-0.05, 0) is 24.8 Å². The van der Waals surface area contributed by atoms with Crippen LogP contribution in [0.2, 0.25) is 0 Å². The van der Waals surface area contributed by atoms with E-state index in [-0.39, 0.29) is 11.9 Å². The van der Waals surface area contributed by atoms with Crippen LogP contribution in [0.15, 0.2) is 24.3 Å². The molecule has 92 valence electrons. The highest BCUT2D eigenvalue weighted by Gasteiger charge is 2.52. The first-order chi connectivity index (χ1) is 7.93. The molecule has 2 N–H and O–H groups in total. The number of carbonyl (C=O) groups excluding carboxylic acids is 1. The minimum Gasteiger partial charge on any atom is -0.383 e. The maximum absolute atomic E-state index is 11.1. The van der Waals surface area contributed by atoms with Gasteiger partial charge in [-0.25, -0.2) is 0 Å². The zero-order chi connectivity index (χ0) is 12.6. The van der Waals surface area contributed by atoms with E-state index in [0.717, 1.165) is 5.56 Å². The quantitative estimate of drug-likeness (QED) is 0.817. The first-order valence-electron chi connectivity index (χ1n) is 6.00. The Kier molecular flexibility index (Phi) is 2.96. The van der Waals surface area contributed by atoms with Crippen molar-refractivity contribution in [3.05, 3.63) is 35.4 Å². The van der Waals surface area contributed by atoms with Crippen molar-refractivity contribution >= 4 is 5.91 Å². The van der Waals surface area contributed by atoms with Crippen LogP contribution in [-0.2, 0) is 10.4 Å². The van der Waals surface area contributed by atoms with E-state index in [1.54, 1.807) is 0 Å². The van der Waals surface area contributed by atoms with Gasteiger partial charge >= 0.3 is 0 Å². The Labute approximate surface area is 102 Å². The summed E-state index contributed by atoms with van der Waals surface area (Å²) < 4.78 is 0. The smallest absolute Gasteiger partial charge is 0.217 e. The topological polar surface area (TPSA) is 49.3 Å². The number of carbonyl (C=O) groups is 1. The zero-order valence-electron chi connectivity index (χ0n) is 10.5. The van der Waals surface area contributed by atoms with Crippen molar-refractivity contribution < 1.29 is 9.90 Å². The van der Waals surface area contributed by atoms with E-state index in [4.69, 9.17) is 0 Å². The minimum atomic E-state index is -0.904. The molecule has 2 rings (SSSR count). The summed E-state index contributed by atoms with van der Waals surface area (Å²) in [5.41, 5.74) is 1.15. The summed E-state index contributed by atoms with van der Waals surface area (Å²) in [6.45, 7) is 5.55. The number of benzene rings is 1. The van der Waals surface area contributed by atoms with Gasteiger partial charge in [0.05, 0.1) is 6.04 Å². The first kappa shape index (κ1) is 12.1. The van der Waals surface area contributed by atoms with Gasteiger partial charge in [-0.1, -0.05) is 36.8 Å². The Morgan fingerprint density at radius 1 is 1.41 bits per heavy atom. The Hall–Kier alpha value is -1.35. The second-order valence-corrected chi connectivity index (χ2v) is 5.15. The maximum atomic E-state index is 11.1. The molecule has 0 radical (unpaired) electrons. The monoisotopic (exact) mass is 233 g/mol. The summed E-state index contributed by atoms with van der Waals surface area (Å²) in [5, 5.41) is 13.5. The number of amides is 1. The average molecular weight is 233 g/mol. The van der Waals surface area contributed by atoms with Gasteiger partial charge < -0.3 is 10.4 Å². The largest absolute Gasteiger partial charge is 0.383 e. The molecule has 0 aromatic heterocycles. The van der Waals surface area contributed by atoms with Gasteiger partial charge in [-0.2, -0.15) is 0 Å². The van der Waals surface area contributed by atoms with Crippen LogP contribution in [0.1, 0.15) is 31.4 Å². The van der Waals surface area contributed by atoms with E-state index in [2.05, 4.69) is 5.32 Å². The molecule has 1 aromatic carbocycles. The predicted octanol–water partition coefficient (Wildman–Crippen LogP) is 1.73. The van der Waals surface area contributed by atoms with E-state index in [1.165, 1.54) is 12.5 Å². The molecule has 0 bridgehead atoms. The summed E-state index contributed by atoms with van der Waals surface area (Å²) in [6.07, 6.45) is 0.695. The van der Waals surface area contributed by atoms with Crippen molar-refractivity contribution in [2.75, 3.05) is 0 Å². The molecule has 3 nitrogen and oxygen atoms in total. The van der Waals surface area contributed by atoms with Crippen molar-refractivity contribution in [2.24, 2.45) is 5.92 Å². The van der Waals surface area contributed by atoms with Crippen molar-refractivity contribution in [3.8, 4) is 0 Å². The van der Waals surface area contributed by atoms with Crippen LogP contribution in [0.5, 0.6) is 0 Å². The molecule has 3 heteroatoms. The lowest BCUT2D eigenvalue weighted by atomic mass is 9.63. The standard InChI is InChI=1S/C14H19NO2/c1-9-4-6-12(7-5-9)14(17)8-10(2)13(14)15-11(3)16/h4-7,10,13,17H,8H2,1-3H3,(H,15,16)/t10-,13+,14+/m1/s1. The van der Waals surface area contributed by atoms with Crippen LogP contribution in [0.3, 0.4) is 0 Å². The highest BCUT2D eigenvalue weighted by Crippen LogP contribution is 2.45. The van der Waals surface area contributed by atoms with Gasteiger partial charge in [0.2, 0.25) is 5.91 Å². The molecule has 3 atom stereocenters. The number of aryl methyl sites for hydroxylation is 1. The maximum Gasteiger partial charge on any atom is 0.217 e. The predicted molar refractivity (Wildman–Crippen MR) is 66.5 cm³/mol. The number of hydrogen-bond acceptors (Lipinski definition) is 2. The van der Waals surface area contributed by atoms with Crippen LogP contribution < -0.4 is 5.32 Å². The normalized spacial score (nSPS) is 31.8. The Balaban J connectivity index is 2.24. The fraction of sp³-hybridized carbons (Fsp3) is 0.500. The molecular weight excluding hydrogens is 214 g/mol. The number of hydrogen-bond donors (Lipinski definition) is 2. The van der Waals surface area contributed by atoms with E-state index >= 15 is 0 Å². The molecule has 0 aliphatic heterocycles. The molecule has 1 aromatic rings. The van der Waals surface area contributed by atoms with Crippen LogP contribution in [0.25, 0.3) is 0 Å². The number of aliphatic hydroxyl groups is 1. The summed E-state index contributed by atoms with van der Waals surface area (Å²) in [4.78, 5) is 11.1. The number of nitrogens with one attached hydrogen (secondary N) is 1. The minimum absolute atomic E-state index is 0.0907. The second kappa shape index (κ2) is 4.15. The van der Waals surface area contributed by atoms with E-state index in [1.807, 2.05) is 38.1 Å². The molecule has 0 heterocycles. The van der Waals surface area contributed by atoms with Gasteiger partial charge in [-0.3, -0.25) is 4.79 Å². The molecule has 1 amide bonds. The van der Waals surface area contributed by atoms with Crippen LogP contribution >= 0.6 is 0 Å². The molecule has 1 saturated carbocycles. The summed E-state index contributed by atoms with van der Waals surface area (Å²) in [7, 11) is 0. The summed E-state index contributed by atoms with van der Waals surface area (Å²) in [6, 6.07) is 7.68. The van der Waals surface area contributed by atoms with Gasteiger partial charge in [0, 0.05) is 6.92 Å². The van der Waals surface area contributed by atoms with Crippen molar-refractivity contribution in [2.45, 2.75) is 38.8 Å². The molecular formula is C14H19NO2. The third kappa shape index (κ3) is 2.07. The van der Waals surface area contributed by atoms with Crippen molar-refractivity contribution in [3.63, 3.8) is 0 Å². The van der Waals surface area contributed by atoms with Crippen molar-refractivity contribution in [1.29, 1.82) is 0 Å². The molecule has 1 aliphatic rings. The molecule has 0 spiro atoms. The third-order valence-electron chi connectivity index (χ3n) is 3.63. The summed E-state index contributed by atoms with van der Waals surface area (Å²) in [5.74, 6) is 0.220. The second-order valence-electron chi connectivity index (χ2n) is 5.15. The molecule has 17 heavy (non-hydrogen) atoms. The number of rotatable bonds is 2. The van der Waals surface area contributed by atoms with Gasteiger partial charge in [-0.15, -0.1) is 0 Å². The molecule has 1 aliphatic carbocycles. The van der Waals surface area contributed by atoms with Gasteiger partial charge in [0.15, 0.2) is 0 Å². The molecule has 1 fully saturated rings. The van der Waals surface area contributed by atoms with Gasteiger partial charge in [0.1, 0.15) is 5.60 Å². The Morgan fingerprint density at radius 3 is 2.47 bits per heavy atom. The van der Waals surface area contributed by atoms with Crippen LogP contribution in [-0.4, -0.2) is 17.1 Å². The highest BCUT2D eigenvalue weighted by molar-refractivity contribution is 5.73. The SMILES string of the molecule is CC(=O)N[C@H]1[C@H](C)C[C@]1(O)c1ccc(C)cc1. The van der Waals surface area contributed by atoms with Gasteiger partial charge in [0.25, 0.3) is 0 Å². The lowest BCUT2D eigenvalue weighted by Crippen LogP contribution is -2.62. The molecule has 0 unspecified atom stereocenters. The van der Waals surface area contributed by atoms with Crippen LogP contribution in [0, 0.1) is 12.8 Å². The van der Waals surface area contributed by atoms with E-state index in [0.29, 0.717) is 12.3 Å². The average Bonchev–Trinajstić information content (AvgIpc) is 2.27.